The van der Waals surface area contributed by atoms with Crippen molar-refractivity contribution in [3.63, 3.8) is 0 Å². The molecule has 0 unspecified atom stereocenters. The second-order valence-corrected chi connectivity index (χ2v) is 2.55. The molecule has 0 fully saturated rings. The van der Waals surface area contributed by atoms with E-state index < -0.39 is 0 Å². The van der Waals surface area contributed by atoms with Crippen molar-refractivity contribution in [2.24, 2.45) is 4.99 Å². The predicted molar refractivity (Wildman–Crippen MR) is 40.8 cm³/mol. The van der Waals surface area contributed by atoms with Crippen LogP contribution in [0.1, 0.15) is 6.42 Å². The Morgan fingerprint density at radius 3 is 3.50 bits per heavy atom. The van der Waals surface area contributed by atoms with Gasteiger partial charge in [-0.25, -0.2) is 0 Å². The van der Waals surface area contributed by atoms with Gasteiger partial charge in [-0.15, -0.1) is 0 Å². The molecular formula is C7H11N3. The zero-order valence-electron chi connectivity index (χ0n) is 5.88. The highest BCUT2D eigenvalue weighted by molar-refractivity contribution is 5.82. The van der Waals surface area contributed by atoms with Gasteiger partial charge in [-0.05, 0) is 12.5 Å². The van der Waals surface area contributed by atoms with Crippen LogP contribution in [0.4, 0.5) is 0 Å². The molecule has 2 aliphatic heterocycles. The van der Waals surface area contributed by atoms with E-state index in [0.29, 0.717) is 0 Å². The third-order valence-corrected chi connectivity index (χ3v) is 1.80. The Bertz CT molecular complexity index is 183. The summed E-state index contributed by atoms with van der Waals surface area (Å²) in [6.07, 6.45) is 5.27. The number of aliphatic imine (C=N–C) groups is 1. The molecule has 2 rings (SSSR count). The van der Waals surface area contributed by atoms with Crippen molar-refractivity contribution in [1.29, 1.82) is 0 Å². The van der Waals surface area contributed by atoms with Gasteiger partial charge in [-0.3, -0.25) is 4.99 Å². The fourth-order valence-electron chi connectivity index (χ4n) is 1.28. The van der Waals surface area contributed by atoms with Crippen LogP contribution in [0.3, 0.4) is 0 Å². The summed E-state index contributed by atoms with van der Waals surface area (Å²) in [6, 6.07) is 0. The molecule has 0 aromatic heterocycles. The number of nitrogens with zero attached hydrogens (tertiary/aromatic N) is 2. The second kappa shape index (κ2) is 2.33. The smallest absolute Gasteiger partial charge is 0.198 e. The summed E-state index contributed by atoms with van der Waals surface area (Å²) in [7, 11) is 0. The van der Waals surface area contributed by atoms with E-state index in [4.69, 9.17) is 0 Å². The van der Waals surface area contributed by atoms with Crippen LogP contribution < -0.4 is 5.32 Å². The summed E-state index contributed by atoms with van der Waals surface area (Å²) in [5.74, 6) is 1.05. The van der Waals surface area contributed by atoms with Crippen LogP contribution in [0.15, 0.2) is 17.3 Å². The number of hydrogen-bond acceptors (Lipinski definition) is 3. The molecule has 54 valence electrons. The molecule has 0 aromatic rings. The van der Waals surface area contributed by atoms with Crippen molar-refractivity contribution in [3.05, 3.63) is 12.3 Å². The first-order valence-electron chi connectivity index (χ1n) is 3.68. The van der Waals surface area contributed by atoms with Gasteiger partial charge in [0.2, 0.25) is 0 Å². The first-order chi connectivity index (χ1) is 4.97. The molecular weight excluding hydrogens is 126 g/mol. The maximum absolute atomic E-state index is 4.33. The maximum atomic E-state index is 4.33. The number of rotatable bonds is 0. The average Bonchev–Trinajstić information content (AvgIpc) is 2.05. The maximum Gasteiger partial charge on any atom is 0.198 e. The van der Waals surface area contributed by atoms with Gasteiger partial charge in [0.25, 0.3) is 0 Å². The average molecular weight is 137 g/mol. The summed E-state index contributed by atoms with van der Waals surface area (Å²) >= 11 is 0. The molecule has 0 bridgehead atoms. The van der Waals surface area contributed by atoms with Crippen LogP contribution in [-0.4, -0.2) is 30.5 Å². The quantitative estimate of drug-likeness (QED) is 0.515. The van der Waals surface area contributed by atoms with E-state index in [2.05, 4.69) is 21.3 Å². The topological polar surface area (TPSA) is 27.6 Å². The molecule has 0 aliphatic carbocycles. The summed E-state index contributed by atoms with van der Waals surface area (Å²) in [4.78, 5) is 6.59. The lowest BCUT2D eigenvalue weighted by Gasteiger charge is -2.30. The lowest BCUT2D eigenvalue weighted by atomic mass is 10.3. The summed E-state index contributed by atoms with van der Waals surface area (Å²) in [5, 5.41) is 3.12. The Labute approximate surface area is 60.4 Å². The molecule has 0 aromatic carbocycles. The fraction of sp³-hybridized carbons (Fsp3) is 0.571. The van der Waals surface area contributed by atoms with Gasteiger partial charge in [-0.1, -0.05) is 0 Å². The molecule has 10 heavy (non-hydrogen) atoms. The number of nitrogens with one attached hydrogen (secondary N) is 1. The van der Waals surface area contributed by atoms with Crippen molar-refractivity contribution in [2.45, 2.75) is 6.42 Å². The predicted octanol–water partition coefficient (Wildman–Crippen LogP) is 0.165. The monoisotopic (exact) mass is 137 g/mol. The van der Waals surface area contributed by atoms with E-state index in [-0.39, 0.29) is 0 Å². The SMILES string of the molecule is C1=CNC2=NCCCN2C1. The molecule has 0 saturated heterocycles. The minimum absolute atomic E-state index is 0.979. The van der Waals surface area contributed by atoms with Gasteiger partial charge >= 0.3 is 0 Å². The van der Waals surface area contributed by atoms with Gasteiger partial charge in [0.05, 0.1) is 0 Å². The molecule has 0 radical (unpaired) electrons. The fourth-order valence-corrected chi connectivity index (χ4v) is 1.28. The van der Waals surface area contributed by atoms with E-state index in [1.54, 1.807) is 0 Å². The number of hydrogen-bond donors (Lipinski definition) is 1. The van der Waals surface area contributed by atoms with Crippen LogP contribution in [0.5, 0.6) is 0 Å². The molecule has 2 heterocycles. The highest BCUT2D eigenvalue weighted by Crippen LogP contribution is 2.03. The summed E-state index contributed by atoms with van der Waals surface area (Å²) in [5.41, 5.74) is 0. The molecule has 0 atom stereocenters. The summed E-state index contributed by atoms with van der Waals surface area (Å²) in [6.45, 7) is 3.15. The van der Waals surface area contributed by atoms with Gasteiger partial charge in [-0.2, -0.15) is 0 Å². The molecule has 0 amide bonds. The zero-order valence-corrected chi connectivity index (χ0v) is 5.88. The Morgan fingerprint density at radius 2 is 2.60 bits per heavy atom. The van der Waals surface area contributed by atoms with Crippen molar-refractivity contribution >= 4 is 5.96 Å². The lowest BCUT2D eigenvalue weighted by Crippen LogP contribution is -2.45. The Balaban J connectivity index is 2.17. The summed E-state index contributed by atoms with van der Waals surface area (Å²) < 4.78 is 0. The molecule has 0 spiro atoms. The van der Waals surface area contributed by atoms with Crippen LogP contribution in [0.25, 0.3) is 0 Å². The van der Waals surface area contributed by atoms with Crippen LogP contribution in [0, 0.1) is 0 Å². The third-order valence-electron chi connectivity index (χ3n) is 1.80. The van der Waals surface area contributed by atoms with Gasteiger partial charge in [0.15, 0.2) is 5.96 Å². The van der Waals surface area contributed by atoms with E-state index >= 15 is 0 Å². The van der Waals surface area contributed by atoms with E-state index in [9.17, 15) is 0 Å². The first kappa shape index (κ1) is 5.77. The van der Waals surface area contributed by atoms with Gasteiger partial charge < -0.3 is 10.2 Å². The third kappa shape index (κ3) is 0.875. The van der Waals surface area contributed by atoms with Crippen LogP contribution in [-0.2, 0) is 0 Å². The lowest BCUT2D eigenvalue weighted by molar-refractivity contribution is 0.411. The van der Waals surface area contributed by atoms with Gasteiger partial charge in [0, 0.05) is 25.8 Å². The molecule has 0 saturated carbocycles. The molecule has 2 aliphatic rings. The van der Waals surface area contributed by atoms with Gasteiger partial charge in [0.1, 0.15) is 0 Å². The number of fused-ring (bicyclic) bond motifs is 1. The largest absolute Gasteiger partial charge is 0.339 e. The standard InChI is InChI=1S/C7H11N3/c1-3-8-7-9-4-2-6-10(7)5-1/h1,3H,2,4-6H2,(H,8,9). The first-order valence-corrected chi connectivity index (χ1v) is 3.68. The minimum atomic E-state index is 0.979. The normalized spacial score (nSPS) is 23.2. The Hall–Kier alpha value is -0.990. The van der Waals surface area contributed by atoms with Crippen molar-refractivity contribution in [3.8, 4) is 0 Å². The Morgan fingerprint density at radius 1 is 1.60 bits per heavy atom. The van der Waals surface area contributed by atoms with Crippen molar-refractivity contribution in [1.82, 2.24) is 10.2 Å². The minimum Gasteiger partial charge on any atom is -0.339 e. The second-order valence-electron chi connectivity index (χ2n) is 2.55. The van der Waals surface area contributed by atoms with Crippen molar-refractivity contribution in [2.75, 3.05) is 19.6 Å². The highest BCUT2D eigenvalue weighted by atomic mass is 15.3. The Kier molecular flexibility index (Phi) is 1.34. The molecule has 3 heteroatoms. The molecule has 1 N–H and O–H groups in total. The molecule has 3 nitrogen and oxygen atoms in total. The van der Waals surface area contributed by atoms with E-state index in [0.717, 1.165) is 25.6 Å². The van der Waals surface area contributed by atoms with Crippen LogP contribution >= 0.6 is 0 Å². The van der Waals surface area contributed by atoms with Crippen LogP contribution in [0.2, 0.25) is 0 Å². The van der Waals surface area contributed by atoms with E-state index in [1.165, 1.54) is 6.42 Å². The zero-order chi connectivity index (χ0) is 6.81. The highest BCUT2D eigenvalue weighted by Gasteiger charge is 2.14. The van der Waals surface area contributed by atoms with E-state index in [1.807, 2.05) is 6.20 Å². The number of guanidine groups is 1. The van der Waals surface area contributed by atoms with Crippen molar-refractivity contribution < 1.29 is 0 Å².